The van der Waals surface area contributed by atoms with Crippen molar-refractivity contribution >= 4 is 17.6 Å². The van der Waals surface area contributed by atoms with Crippen LogP contribution in [0.4, 0.5) is 18.9 Å². The van der Waals surface area contributed by atoms with Crippen molar-refractivity contribution in [3.8, 4) is 0 Å². The monoisotopic (exact) mass is 487 g/mol. The number of halogens is 3. The number of hydrogen-bond acceptors (Lipinski definition) is 4. The van der Waals surface area contributed by atoms with Crippen molar-refractivity contribution in [2.75, 3.05) is 5.32 Å². The van der Waals surface area contributed by atoms with Crippen LogP contribution >= 0.6 is 0 Å². The van der Waals surface area contributed by atoms with Gasteiger partial charge in [0.25, 0.3) is 5.91 Å². The van der Waals surface area contributed by atoms with E-state index in [-0.39, 0.29) is 18.0 Å². The molecular formula is C26H28F3N3O3. The fourth-order valence-corrected chi connectivity index (χ4v) is 3.60. The Bertz CT molecular complexity index is 1220. The summed E-state index contributed by atoms with van der Waals surface area (Å²) in [6, 6.07) is 11.1. The number of carbonyl (C=O) groups is 2. The van der Waals surface area contributed by atoms with Gasteiger partial charge in [0.2, 0.25) is 0 Å². The summed E-state index contributed by atoms with van der Waals surface area (Å²) >= 11 is 0. The first-order chi connectivity index (χ1) is 16.2. The number of ether oxygens (including phenoxy) is 1. The molecule has 35 heavy (non-hydrogen) atoms. The van der Waals surface area contributed by atoms with Gasteiger partial charge in [0, 0.05) is 22.5 Å². The van der Waals surface area contributed by atoms with Gasteiger partial charge in [-0.3, -0.25) is 14.3 Å². The first kappa shape index (κ1) is 26.0. The summed E-state index contributed by atoms with van der Waals surface area (Å²) < 4.78 is 45.4. The fraction of sp³-hybridized carbons (Fsp3) is 0.346. The van der Waals surface area contributed by atoms with Gasteiger partial charge in [-0.2, -0.15) is 18.3 Å². The Hall–Kier alpha value is -3.62. The molecule has 0 atom stereocenters. The zero-order chi connectivity index (χ0) is 26.0. The van der Waals surface area contributed by atoms with Gasteiger partial charge in [-0.15, -0.1) is 0 Å². The first-order valence-corrected chi connectivity index (χ1v) is 11.1. The van der Waals surface area contributed by atoms with Crippen LogP contribution in [-0.4, -0.2) is 27.3 Å². The van der Waals surface area contributed by atoms with E-state index in [0.29, 0.717) is 12.2 Å². The third-order valence-electron chi connectivity index (χ3n) is 5.26. The molecule has 9 heteroatoms. The van der Waals surface area contributed by atoms with Gasteiger partial charge in [-0.25, -0.2) is 0 Å². The topological polar surface area (TPSA) is 73.2 Å². The zero-order valence-corrected chi connectivity index (χ0v) is 20.3. The van der Waals surface area contributed by atoms with Crippen molar-refractivity contribution in [1.29, 1.82) is 0 Å². The summed E-state index contributed by atoms with van der Waals surface area (Å²) in [5, 5.41) is 7.26. The van der Waals surface area contributed by atoms with Crippen LogP contribution in [0.1, 0.15) is 59.2 Å². The van der Waals surface area contributed by atoms with E-state index in [1.165, 1.54) is 0 Å². The minimum Gasteiger partial charge on any atom is -0.460 e. The maximum absolute atomic E-state index is 12.7. The fourth-order valence-electron chi connectivity index (χ4n) is 3.60. The van der Waals surface area contributed by atoms with Gasteiger partial charge >= 0.3 is 12.1 Å². The Balaban J connectivity index is 1.71. The van der Waals surface area contributed by atoms with E-state index < -0.39 is 23.2 Å². The molecule has 0 saturated heterocycles. The largest absolute Gasteiger partial charge is 0.460 e. The van der Waals surface area contributed by atoms with E-state index in [2.05, 4.69) is 10.4 Å². The molecule has 186 valence electrons. The summed E-state index contributed by atoms with van der Waals surface area (Å²) in [6.07, 6.45) is -4.34. The lowest BCUT2D eigenvalue weighted by atomic mass is 10.1. The number of hydrogen-bond donors (Lipinski definition) is 1. The van der Waals surface area contributed by atoms with E-state index in [1.807, 2.05) is 40.7 Å². The van der Waals surface area contributed by atoms with E-state index in [0.717, 1.165) is 46.8 Å². The smallest absolute Gasteiger partial charge is 0.416 e. The number of nitrogens with zero attached hydrogens (tertiary/aromatic N) is 2. The SMILES string of the molecule is Cc1nn(Cc2cccc(NC(=O)c3ccc(C(F)(F)F)cc3)c2)c(C)c1CC(=O)OC(C)(C)C. The highest BCUT2D eigenvalue weighted by atomic mass is 19.4. The summed E-state index contributed by atoms with van der Waals surface area (Å²) in [5.41, 5.74) is 2.48. The van der Waals surface area contributed by atoms with Gasteiger partial charge in [-0.1, -0.05) is 12.1 Å². The second-order valence-corrected chi connectivity index (χ2v) is 9.30. The van der Waals surface area contributed by atoms with Crippen LogP contribution in [0, 0.1) is 13.8 Å². The predicted octanol–water partition coefficient (Wildman–Crippen LogP) is 5.70. The van der Waals surface area contributed by atoms with Gasteiger partial charge in [-0.05, 0) is 76.6 Å². The lowest BCUT2D eigenvalue weighted by Crippen LogP contribution is -2.25. The number of anilines is 1. The van der Waals surface area contributed by atoms with Gasteiger partial charge < -0.3 is 10.1 Å². The predicted molar refractivity (Wildman–Crippen MR) is 126 cm³/mol. The van der Waals surface area contributed by atoms with Crippen LogP contribution < -0.4 is 5.32 Å². The molecule has 0 aliphatic heterocycles. The van der Waals surface area contributed by atoms with Crippen LogP contribution in [-0.2, 0) is 28.7 Å². The third kappa shape index (κ3) is 6.94. The standard InChI is InChI=1S/C26H28F3N3O3/c1-16-22(14-23(33)35-25(3,4)5)17(2)32(31-16)15-18-7-6-8-21(13-18)30-24(34)19-9-11-20(12-10-19)26(27,28)29/h6-13H,14-15H2,1-5H3,(H,30,34). The molecule has 0 aliphatic rings. The maximum atomic E-state index is 12.7. The van der Waals surface area contributed by atoms with E-state index in [9.17, 15) is 22.8 Å². The Morgan fingerprint density at radius 3 is 2.29 bits per heavy atom. The average Bonchev–Trinajstić information content (AvgIpc) is 2.99. The van der Waals surface area contributed by atoms with Crippen LogP contribution in [0.2, 0.25) is 0 Å². The molecule has 6 nitrogen and oxygen atoms in total. The number of rotatable bonds is 6. The highest BCUT2D eigenvalue weighted by molar-refractivity contribution is 6.04. The number of nitrogens with one attached hydrogen (secondary N) is 1. The van der Waals surface area contributed by atoms with Crippen LogP contribution in [0.15, 0.2) is 48.5 Å². The average molecular weight is 488 g/mol. The lowest BCUT2D eigenvalue weighted by Gasteiger charge is -2.19. The molecule has 0 bridgehead atoms. The minimum absolute atomic E-state index is 0.119. The Morgan fingerprint density at radius 1 is 1.03 bits per heavy atom. The number of carbonyl (C=O) groups excluding carboxylic acids is 2. The number of aryl methyl sites for hydroxylation is 1. The molecule has 3 rings (SSSR count). The molecule has 1 amide bonds. The highest BCUT2D eigenvalue weighted by Crippen LogP contribution is 2.29. The molecule has 3 aromatic rings. The summed E-state index contributed by atoms with van der Waals surface area (Å²) in [4.78, 5) is 24.8. The number of esters is 1. The van der Waals surface area contributed by atoms with Gasteiger partial charge in [0.1, 0.15) is 5.60 Å². The molecule has 0 fully saturated rings. The van der Waals surface area contributed by atoms with E-state index in [1.54, 1.807) is 22.9 Å². The third-order valence-corrected chi connectivity index (χ3v) is 5.26. The molecule has 0 aliphatic carbocycles. The van der Waals surface area contributed by atoms with Gasteiger partial charge in [0.15, 0.2) is 0 Å². The zero-order valence-electron chi connectivity index (χ0n) is 20.3. The van der Waals surface area contributed by atoms with Crippen molar-refractivity contribution in [2.45, 2.75) is 59.4 Å². The second kappa shape index (κ2) is 9.93. The normalized spacial score (nSPS) is 11.9. The van der Waals surface area contributed by atoms with Crippen molar-refractivity contribution in [3.63, 3.8) is 0 Å². The Morgan fingerprint density at radius 2 is 1.69 bits per heavy atom. The molecule has 1 aromatic heterocycles. The number of benzene rings is 2. The van der Waals surface area contributed by atoms with Crippen molar-refractivity contribution in [1.82, 2.24) is 9.78 Å². The molecule has 0 unspecified atom stereocenters. The van der Waals surface area contributed by atoms with Crippen molar-refractivity contribution in [2.24, 2.45) is 0 Å². The molecule has 0 radical (unpaired) electrons. The molecule has 0 saturated carbocycles. The quantitative estimate of drug-likeness (QED) is 0.453. The number of alkyl halides is 3. The highest BCUT2D eigenvalue weighted by Gasteiger charge is 2.30. The maximum Gasteiger partial charge on any atom is 0.416 e. The first-order valence-electron chi connectivity index (χ1n) is 11.1. The Labute approximate surface area is 202 Å². The van der Waals surface area contributed by atoms with E-state index in [4.69, 9.17) is 4.74 Å². The minimum atomic E-state index is -4.46. The summed E-state index contributed by atoms with van der Waals surface area (Å²) in [6.45, 7) is 9.58. The Kier molecular flexibility index (Phi) is 7.38. The summed E-state index contributed by atoms with van der Waals surface area (Å²) in [7, 11) is 0. The van der Waals surface area contributed by atoms with E-state index >= 15 is 0 Å². The van der Waals surface area contributed by atoms with Crippen molar-refractivity contribution < 1.29 is 27.5 Å². The van der Waals surface area contributed by atoms with Crippen LogP contribution in [0.25, 0.3) is 0 Å². The van der Waals surface area contributed by atoms with Crippen molar-refractivity contribution in [3.05, 3.63) is 82.2 Å². The lowest BCUT2D eigenvalue weighted by molar-refractivity contribution is -0.154. The van der Waals surface area contributed by atoms with Crippen LogP contribution in [0.5, 0.6) is 0 Å². The molecule has 0 spiro atoms. The molecule has 2 aromatic carbocycles. The number of aromatic nitrogens is 2. The summed E-state index contributed by atoms with van der Waals surface area (Å²) in [5.74, 6) is -0.835. The number of amides is 1. The van der Waals surface area contributed by atoms with Gasteiger partial charge in [0.05, 0.1) is 24.2 Å². The second-order valence-electron chi connectivity index (χ2n) is 9.30. The molecular weight excluding hydrogens is 459 g/mol. The molecule has 1 N–H and O–H groups in total. The molecule has 1 heterocycles. The van der Waals surface area contributed by atoms with Crippen LogP contribution in [0.3, 0.4) is 0 Å².